The van der Waals surface area contributed by atoms with Gasteiger partial charge in [-0.25, -0.2) is 8.78 Å². The lowest BCUT2D eigenvalue weighted by atomic mass is 9.93. The van der Waals surface area contributed by atoms with Crippen molar-refractivity contribution in [2.45, 2.75) is 77.7 Å². The molecule has 10 heteroatoms. The van der Waals surface area contributed by atoms with Crippen molar-refractivity contribution >= 4 is 36.5 Å². The van der Waals surface area contributed by atoms with Crippen molar-refractivity contribution in [3.05, 3.63) is 46.3 Å². The normalized spacial score (nSPS) is 16.5. The van der Waals surface area contributed by atoms with E-state index < -0.39 is 6.43 Å². The monoisotopic (exact) mass is 554 g/mol. The molecule has 0 spiro atoms. The van der Waals surface area contributed by atoms with Gasteiger partial charge in [-0.1, -0.05) is 20.3 Å². The minimum absolute atomic E-state index is 0.0773. The van der Waals surface area contributed by atoms with Crippen molar-refractivity contribution in [1.82, 2.24) is 15.1 Å². The molecule has 0 unspecified atom stereocenters. The highest BCUT2D eigenvalue weighted by atomic mass is 19.3. The average Bonchev–Trinajstić information content (AvgIpc) is 3.34. The number of hydrogen-bond donors (Lipinski definition) is 1. The predicted octanol–water partition coefficient (Wildman–Crippen LogP) is 5.98. The Labute approximate surface area is 235 Å². The third kappa shape index (κ3) is 6.49. The number of alkyl halides is 2. The summed E-state index contributed by atoms with van der Waals surface area (Å²) in [6, 6.07) is 3.66. The van der Waals surface area contributed by atoms with Crippen LogP contribution < -0.4 is 10.2 Å². The zero-order valence-electron chi connectivity index (χ0n) is 23.5. The Balaban J connectivity index is 1.82. The summed E-state index contributed by atoms with van der Waals surface area (Å²) in [6.07, 6.45) is 7.62. The van der Waals surface area contributed by atoms with Gasteiger partial charge in [-0.2, -0.15) is 5.10 Å². The first-order valence-electron chi connectivity index (χ1n) is 14.3. The van der Waals surface area contributed by atoms with Gasteiger partial charge in [0.1, 0.15) is 0 Å². The van der Waals surface area contributed by atoms with Crippen molar-refractivity contribution < 1.29 is 18.3 Å². The number of benzene rings is 1. The standard InChI is InChI=1S/C30H40F2N6O2/c1-4-6-12-35-26(19-33-3)24-17-21-8-7-14-37(28(21)18-25(24)29(31)32)30-23(5-2)27(9-13-34-20-39)38(36-30)22-10-15-40-16-11-22/h12,17-20,22,29H,3-11,13-16H2,1-2H3,(H,34,39)/b26-19-,35-12?. The number of hydrogen-bond acceptors (Lipinski definition) is 6. The van der Waals surface area contributed by atoms with Crippen LogP contribution in [0.25, 0.3) is 5.70 Å². The van der Waals surface area contributed by atoms with E-state index in [2.05, 4.69) is 38.5 Å². The smallest absolute Gasteiger partial charge is 0.264 e. The lowest BCUT2D eigenvalue weighted by Crippen LogP contribution is -2.27. The highest BCUT2D eigenvalue weighted by Gasteiger charge is 2.30. The van der Waals surface area contributed by atoms with Crippen LogP contribution in [-0.4, -0.2) is 55.4 Å². The second-order valence-electron chi connectivity index (χ2n) is 10.1. The van der Waals surface area contributed by atoms with Crippen molar-refractivity contribution in [3.63, 3.8) is 0 Å². The number of carbonyl (C=O) groups excluding carboxylic acids is 1. The molecule has 40 heavy (non-hydrogen) atoms. The number of aryl methyl sites for hydroxylation is 1. The van der Waals surface area contributed by atoms with Crippen LogP contribution in [0.1, 0.15) is 86.4 Å². The molecule has 3 heterocycles. The van der Waals surface area contributed by atoms with E-state index >= 15 is 0 Å². The first-order valence-corrected chi connectivity index (χ1v) is 14.3. The van der Waals surface area contributed by atoms with Crippen LogP contribution in [0, 0.1) is 0 Å². The number of unbranched alkanes of at least 4 members (excludes halogenated alkanes) is 1. The molecular formula is C30H40F2N6O2. The Hall–Kier alpha value is -3.40. The third-order valence-corrected chi connectivity index (χ3v) is 7.57. The molecule has 1 aromatic carbocycles. The Morgan fingerprint density at radius 2 is 2.10 bits per heavy atom. The number of fused-ring (bicyclic) bond motifs is 1. The van der Waals surface area contributed by atoms with Gasteiger partial charge in [0.15, 0.2) is 5.82 Å². The molecule has 0 radical (unpaired) electrons. The quantitative estimate of drug-likeness (QED) is 0.188. The fourth-order valence-corrected chi connectivity index (χ4v) is 5.64. The van der Waals surface area contributed by atoms with E-state index in [9.17, 15) is 13.6 Å². The van der Waals surface area contributed by atoms with Gasteiger partial charge >= 0.3 is 0 Å². The van der Waals surface area contributed by atoms with Crippen LogP contribution >= 0.6 is 0 Å². The number of aliphatic imine (C=N–C) groups is 2. The lowest BCUT2D eigenvalue weighted by molar-refractivity contribution is -0.109. The van der Waals surface area contributed by atoms with E-state index in [4.69, 9.17) is 9.84 Å². The van der Waals surface area contributed by atoms with Gasteiger partial charge in [-0.05, 0) is 62.9 Å². The highest BCUT2D eigenvalue weighted by molar-refractivity contribution is 5.79. The van der Waals surface area contributed by atoms with Crippen LogP contribution in [0.4, 0.5) is 20.3 Å². The fraction of sp³-hybridized carbons (Fsp3) is 0.533. The number of ether oxygens (including phenoxy) is 1. The molecular weight excluding hydrogens is 514 g/mol. The number of anilines is 2. The maximum atomic E-state index is 14.5. The molecule has 4 rings (SSSR count). The second-order valence-corrected chi connectivity index (χ2v) is 10.1. The molecule has 2 aromatic rings. The number of carbonyl (C=O) groups is 1. The Kier molecular flexibility index (Phi) is 10.6. The molecule has 1 aromatic heterocycles. The predicted molar refractivity (Wildman–Crippen MR) is 156 cm³/mol. The van der Waals surface area contributed by atoms with Crippen LogP contribution in [0.2, 0.25) is 0 Å². The summed E-state index contributed by atoms with van der Waals surface area (Å²) in [6.45, 7) is 10.2. The molecule has 1 amide bonds. The van der Waals surface area contributed by atoms with Gasteiger partial charge in [0, 0.05) is 67.0 Å². The molecule has 2 aliphatic heterocycles. The van der Waals surface area contributed by atoms with Gasteiger partial charge < -0.3 is 15.0 Å². The summed E-state index contributed by atoms with van der Waals surface area (Å²) < 4.78 is 36.8. The van der Waals surface area contributed by atoms with E-state index in [0.717, 1.165) is 73.3 Å². The van der Waals surface area contributed by atoms with Crippen molar-refractivity contribution in [2.75, 3.05) is 31.2 Å². The van der Waals surface area contributed by atoms with Crippen molar-refractivity contribution in [1.29, 1.82) is 0 Å². The number of amides is 1. The van der Waals surface area contributed by atoms with Crippen LogP contribution in [0.5, 0.6) is 0 Å². The van der Waals surface area contributed by atoms with Crippen LogP contribution in [-0.2, 0) is 28.8 Å². The summed E-state index contributed by atoms with van der Waals surface area (Å²) in [5.41, 5.74) is 4.63. The highest BCUT2D eigenvalue weighted by Crippen LogP contribution is 2.42. The summed E-state index contributed by atoms with van der Waals surface area (Å²) >= 11 is 0. The minimum Gasteiger partial charge on any atom is -0.381 e. The Bertz CT molecular complexity index is 1230. The maximum absolute atomic E-state index is 14.5. The first-order chi connectivity index (χ1) is 19.5. The average molecular weight is 555 g/mol. The van der Waals surface area contributed by atoms with Gasteiger partial charge in [0.25, 0.3) is 6.43 Å². The van der Waals surface area contributed by atoms with Crippen molar-refractivity contribution in [3.8, 4) is 0 Å². The number of halogens is 2. The Morgan fingerprint density at radius 1 is 1.30 bits per heavy atom. The number of aromatic nitrogens is 2. The molecule has 1 N–H and O–H groups in total. The zero-order chi connectivity index (χ0) is 28.5. The maximum Gasteiger partial charge on any atom is 0.264 e. The molecule has 2 aliphatic rings. The third-order valence-electron chi connectivity index (χ3n) is 7.57. The summed E-state index contributed by atoms with van der Waals surface area (Å²) in [7, 11) is 0. The lowest BCUT2D eigenvalue weighted by Gasteiger charge is -2.32. The number of nitrogens with one attached hydrogen (secondary N) is 1. The van der Waals surface area contributed by atoms with E-state index in [1.165, 1.54) is 6.20 Å². The molecule has 1 saturated heterocycles. The summed E-state index contributed by atoms with van der Waals surface area (Å²) in [4.78, 5) is 21.4. The molecule has 216 valence electrons. The molecule has 8 nitrogen and oxygen atoms in total. The minimum atomic E-state index is -2.69. The van der Waals surface area contributed by atoms with E-state index in [1.807, 2.05) is 13.0 Å². The van der Waals surface area contributed by atoms with Gasteiger partial charge in [-0.3, -0.25) is 19.5 Å². The summed E-state index contributed by atoms with van der Waals surface area (Å²) in [5.74, 6) is 0.813. The first kappa shape index (κ1) is 29.6. The fourth-order valence-electron chi connectivity index (χ4n) is 5.64. The summed E-state index contributed by atoms with van der Waals surface area (Å²) in [5, 5.41) is 7.92. The molecule has 0 aliphatic carbocycles. The van der Waals surface area contributed by atoms with Gasteiger partial charge in [0.2, 0.25) is 6.41 Å². The zero-order valence-corrected chi connectivity index (χ0v) is 23.5. The molecule has 0 atom stereocenters. The molecule has 0 saturated carbocycles. The van der Waals surface area contributed by atoms with Gasteiger partial charge in [0.05, 0.1) is 17.9 Å². The van der Waals surface area contributed by atoms with Crippen LogP contribution in [0.15, 0.2) is 28.3 Å². The van der Waals surface area contributed by atoms with Crippen molar-refractivity contribution in [2.24, 2.45) is 9.98 Å². The number of nitrogens with zero attached hydrogens (tertiary/aromatic N) is 5. The molecule has 0 bridgehead atoms. The largest absolute Gasteiger partial charge is 0.381 e. The Morgan fingerprint density at radius 3 is 2.77 bits per heavy atom. The van der Waals surface area contributed by atoms with E-state index in [-0.39, 0.29) is 11.6 Å². The number of rotatable bonds is 13. The van der Waals surface area contributed by atoms with E-state index in [1.54, 1.807) is 12.3 Å². The van der Waals surface area contributed by atoms with Crippen LogP contribution in [0.3, 0.4) is 0 Å². The SMILES string of the molecule is C=N/C=C(\N=CCCC)c1cc2c(cc1C(F)F)N(c1nn(C3CCOCC3)c(CCNC=O)c1CC)CCC2. The van der Waals surface area contributed by atoms with E-state index in [0.29, 0.717) is 50.4 Å². The second kappa shape index (κ2) is 14.3. The van der Waals surface area contributed by atoms with Gasteiger partial charge in [-0.15, -0.1) is 0 Å². The topological polar surface area (TPSA) is 84.1 Å². The molecule has 1 fully saturated rings.